The van der Waals surface area contributed by atoms with Gasteiger partial charge in [0.15, 0.2) is 6.29 Å². The Bertz CT molecular complexity index is 171. The van der Waals surface area contributed by atoms with Crippen molar-refractivity contribution in [3.63, 3.8) is 0 Å². The number of aliphatic hydroxyl groups is 2. The molecule has 0 saturated carbocycles. The molecule has 3 nitrogen and oxygen atoms in total. The van der Waals surface area contributed by atoms with Crippen LogP contribution in [0.15, 0.2) is 30.3 Å². The monoisotopic (exact) mass is 142 g/mol. The third kappa shape index (κ3) is 2.14. The van der Waals surface area contributed by atoms with Gasteiger partial charge in [-0.25, -0.2) is 0 Å². The van der Waals surface area contributed by atoms with Crippen LogP contribution in [0.4, 0.5) is 0 Å². The lowest BCUT2D eigenvalue weighted by molar-refractivity contribution is -0.0424. The van der Waals surface area contributed by atoms with Gasteiger partial charge in [0.05, 0.1) is 0 Å². The van der Waals surface area contributed by atoms with Gasteiger partial charge in [0.25, 0.3) is 0 Å². The fourth-order valence-corrected chi connectivity index (χ4v) is 0.625. The maximum Gasteiger partial charge on any atom is 0.178 e. The van der Waals surface area contributed by atoms with Gasteiger partial charge < -0.3 is 15.7 Å². The predicted molar refractivity (Wildman–Crippen MR) is 37.2 cm³/mol. The molecule has 3 heteroatoms. The summed E-state index contributed by atoms with van der Waals surface area (Å²) in [6, 6.07) is 8.66. The summed E-state index contributed by atoms with van der Waals surface area (Å²) in [6.07, 6.45) is -1.34. The average Bonchev–Trinajstić information content (AvgIpc) is 1.90. The van der Waals surface area contributed by atoms with E-state index >= 15 is 0 Å². The van der Waals surface area contributed by atoms with E-state index in [0.717, 1.165) is 0 Å². The molecule has 10 heavy (non-hydrogen) atoms. The molecule has 0 aromatic heterocycles. The van der Waals surface area contributed by atoms with E-state index in [9.17, 15) is 0 Å². The van der Waals surface area contributed by atoms with Crippen molar-refractivity contribution in [3.8, 4) is 0 Å². The van der Waals surface area contributed by atoms with Gasteiger partial charge >= 0.3 is 0 Å². The predicted octanol–water partition coefficient (Wildman–Crippen LogP) is -0.155. The normalized spacial score (nSPS) is 9.10. The van der Waals surface area contributed by atoms with E-state index in [-0.39, 0.29) is 5.48 Å². The summed E-state index contributed by atoms with van der Waals surface area (Å²) in [5, 5.41) is 17.2. The molecule has 1 rings (SSSR count). The molecule has 0 atom stereocenters. The summed E-state index contributed by atoms with van der Waals surface area (Å²) >= 11 is 0. The minimum atomic E-state index is -1.34. The van der Waals surface area contributed by atoms with Crippen LogP contribution in [0.2, 0.25) is 0 Å². The summed E-state index contributed by atoms with van der Waals surface area (Å²) in [5.41, 5.74) is 0.525. The van der Waals surface area contributed by atoms with Gasteiger partial charge in [-0.15, -0.1) is 0 Å². The largest absolute Gasteiger partial charge is 0.412 e. The molecule has 1 aromatic carbocycles. The van der Waals surface area contributed by atoms with Crippen molar-refractivity contribution in [1.29, 1.82) is 0 Å². The molecule has 4 N–H and O–H groups in total. The Hall–Kier alpha value is -0.900. The molecular weight excluding hydrogens is 132 g/mol. The van der Waals surface area contributed by atoms with Crippen molar-refractivity contribution in [2.75, 3.05) is 0 Å². The molecule has 0 unspecified atom stereocenters. The van der Waals surface area contributed by atoms with E-state index in [4.69, 9.17) is 10.2 Å². The summed E-state index contributed by atoms with van der Waals surface area (Å²) in [6.45, 7) is 0. The van der Waals surface area contributed by atoms with Crippen LogP contribution in [0.3, 0.4) is 0 Å². The lowest BCUT2D eigenvalue weighted by Crippen LogP contribution is -1.92. The quantitative estimate of drug-likeness (QED) is 0.535. The van der Waals surface area contributed by atoms with Gasteiger partial charge in [0.2, 0.25) is 0 Å². The van der Waals surface area contributed by atoms with E-state index < -0.39 is 6.29 Å². The Labute approximate surface area is 58.9 Å². The molecule has 0 amide bonds. The van der Waals surface area contributed by atoms with Crippen molar-refractivity contribution in [1.82, 2.24) is 0 Å². The van der Waals surface area contributed by atoms with Crippen LogP contribution in [0, 0.1) is 0 Å². The smallest absolute Gasteiger partial charge is 0.178 e. The zero-order valence-corrected chi connectivity index (χ0v) is 5.36. The molecule has 1 aromatic rings. The van der Waals surface area contributed by atoms with E-state index in [1.807, 2.05) is 6.07 Å². The van der Waals surface area contributed by atoms with E-state index in [2.05, 4.69) is 0 Å². The van der Waals surface area contributed by atoms with Gasteiger partial charge in [0.1, 0.15) is 0 Å². The highest BCUT2D eigenvalue weighted by Gasteiger charge is 1.97. The van der Waals surface area contributed by atoms with Crippen molar-refractivity contribution in [3.05, 3.63) is 35.9 Å². The SMILES string of the molecule is O.OC(O)c1ccccc1. The van der Waals surface area contributed by atoms with Crippen LogP contribution >= 0.6 is 0 Å². The maximum absolute atomic E-state index is 8.58. The fourth-order valence-electron chi connectivity index (χ4n) is 0.625. The summed E-state index contributed by atoms with van der Waals surface area (Å²) in [4.78, 5) is 0. The fraction of sp³-hybridized carbons (Fsp3) is 0.143. The maximum atomic E-state index is 8.58. The van der Waals surface area contributed by atoms with Gasteiger partial charge in [-0.2, -0.15) is 0 Å². The Morgan fingerprint density at radius 2 is 1.50 bits per heavy atom. The Kier molecular flexibility index (Phi) is 3.64. The first-order valence-corrected chi connectivity index (χ1v) is 2.72. The van der Waals surface area contributed by atoms with Crippen molar-refractivity contribution in [2.45, 2.75) is 6.29 Å². The van der Waals surface area contributed by atoms with Crippen LogP contribution < -0.4 is 0 Å². The van der Waals surface area contributed by atoms with Crippen LogP contribution in [0.25, 0.3) is 0 Å². The molecule has 56 valence electrons. The van der Waals surface area contributed by atoms with E-state index in [1.165, 1.54) is 0 Å². The van der Waals surface area contributed by atoms with Crippen LogP contribution in [0.1, 0.15) is 11.9 Å². The Morgan fingerprint density at radius 3 is 1.80 bits per heavy atom. The van der Waals surface area contributed by atoms with Crippen molar-refractivity contribution < 1.29 is 15.7 Å². The standard InChI is InChI=1S/C7H8O2.H2O/c8-7(9)6-4-2-1-3-5-6;/h1-5,7-9H;1H2. The third-order valence-corrected chi connectivity index (χ3v) is 1.10. The minimum absolute atomic E-state index is 0. The number of hydrogen-bond donors (Lipinski definition) is 2. The molecule has 0 radical (unpaired) electrons. The Morgan fingerprint density at radius 1 is 1.00 bits per heavy atom. The summed E-state index contributed by atoms with van der Waals surface area (Å²) in [5.74, 6) is 0. The number of rotatable bonds is 1. The molecular formula is C7H10O3. The highest BCUT2D eigenvalue weighted by molar-refractivity contribution is 5.15. The van der Waals surface area contributed by atoms with Crippen LogP contribution in [-0.2, 0) is 0 Å². The van der Waals surface area contributed by atoms with Gasteiger partial charge in [0, 0.05) is 5.56 Å². The highest BCUT2D eigenvalue weighted by atomic mass is 16.5. The first-order valence-electron chi connectivity index (χ1n) is 2.72. The topological polar surface area (TPSA) is 72.0 Å². The first-order chi connectivity index (χ1) is 4.30. The molecule has 0 fully saturated rings. The molecule has 0 spiro atoms. The van der Waals surface area contributed by atoms with Crippen molar-refractivity contribution in [2.24, 2.45) is 0 Å². The highest BCUT2D eigenvalue weighted by Crippen LogP contribution is 2.06. The lowest BCUT2D eigenvalue weighted by atomic mass is 10.2. The molecule has 0 bridgehead atoms. The van der Waals surface area contributed by atoms with Gasteiger partial charge in [-0.3, -0.25) is 0 Å². The Balaban J connectivity index is 0.000000810. The third-order valence-electron chi connectivity index (χ3n) is 1.10. The van der Waals surface area contributed by atoms with Crippen LogP contribution in [0.5, 0.6) is 0 Å². The second kappa shape index (κ2) is 4.00. The second-order valence-electron chi connectivity index (χ2n) is 1.78. The average molecular weight is 142 g/mol. The second-order valence-corrected chi connectivity index (χ2v) is 1.78. The molecule has 0 saturated heterocycles. The van der Waals surface area contributed by atoms with Gasteiger partial charge in [-0.1, -0.05) is 30.3 Å². The summed E-state index contributed by atoms with van der Waals surface area (Å²) < 4.78 is 0. The molecule has 0 aliphatic carbocycles. The zero-order valence-electron chi connectivity index (χ0n) is 5.36. The number of aliphatic hydroxyl groups excluding tert-OH is 1. The summed E-state index contributed by atoms with van der Waals surface area (Å²) in [7, 11) is 0. The lowest BCUT2D eigenvalue weighted by Gasteiger charge is -1.99. The minimum Gasteiger partial charge on any atom is -0.412 e. The zero-order chi connectivity index (χ0) is 6.69. The number of hydrogen-bond acceptors (Lipinski definition) is 2. The number of benzene rings is 1. The van der Waals surface area contributed by atoms with Gasteiger partial charge in [-0.05, 0) is 0 Å². The molecule has 0 heterocycles. The molecule has 0 aliphatic heterocycles. The van der Waals surface area contributed by atoms with E-state index in [1.54, 1.807) is 24.3 Å². The van der Waals surface area contributed by atoms with Crippen molar-refractivity contribution >= 4 is 0 Å². The van der Waals surface area contributed by atoms with Crippen LogP contribution in [-0.4, -0.2) is 15.7 Å². The first kappa shape index (κ1) is 9.10. The molecule has 0 aliphatic rings. The van der Waals surface area contributed by atoms with E-state index in [0.29, 0.717) is 5.56 Å².